The quantitative estimate of drug-likeness (QED) is 0.817. The van der Waals surface area contributed by atoms with Gasteiger partial charge in [-0.05, 0) is 25.0 Å². The molecule has 2 aliphatic rings. The Kier molecular flexibility index (Phi) is 3.18. The van der Waals surface area contributed by atoms with Crippen LogP contribution in [0.1, 0.15) is 35.4 Å². The number of rotatable bonds is 1. The number of phenols is 1. The molecular formula is C15H18O5. The van der Waals surface area contributed by atoms with Gasteiger partial charge in [-0.25, -0.2) is 0 Å². The number of methoxy groups -OCH3 is 1. The Morgan fingerprint density at radius 3 is 2.85 bits per heavy atom. The summed E-state index contributed by atoms with van der Waals surface area (Å²) >= 11 is 0. The van der Waals surface area contributed by atoms with Crippen LogP contribution in [-0.2, 0) is 4.74 Å². The SMILES string of the molecule is COc1cc(O)c2c(c1)[C@H](O)[C@@H]1C[C@H](C)OC[C@H]1C2=O. The van der Waals surface area contributed by atoms with Crippen molar-refractivity contribution in [2.24, 2.45) is 11.8 Å². The molecule has 108 valence electrons. The Balaban J connectivity index is 2.11. The fourth-order valence-electron chi connectivity index (χ4n) is 3.28. The van der Waals surface area contributed by atoms with Gasteiger partial charge in [-0.2, -0.15) is 0 Å². The van der Waals surface area contributed by atoms with Crippen molar-refractivity contribution in [2.75, 3.05) is 13.7 Å². The number of aliphatic hydroxyl groups excluding tert-OH is 1. The third-order valence-electron chi connectivity index (χ3n) is 4.35. The summed E-state index contributed by atoms with van der Waals surface area (Å²) in [5.41, 5.74) is 0.667. The molecule has 5 nitrogen and oxygen atoms in total. The molecule has 0 saturated carbocycles. The topological polar surface area (TPSA) is 76.0 Å². The summed E-state index contributed by atoms with van der Waals surface area (Å²) in [5, 5.41) is 20.6. The predicted molar refractivity (Wildman–Crippen MR) is 71.0 cm³/mol. The van der Waals surface area contributed by atoms with Crippen molar-refractivity contribution in [1.82, 2.24) is 0 Å². The van der Waals surface area contributed by atoms with Gasteiger partial charge in [0.25, 0.3) is 0 Å². The van der Waals surface area contributed by atoms with Crippen LogP contribution in [0.15, 0.2) is 12.1 Å². The monoisotopic (exact) mass is 278 g/mol. The first-order valence-electron chi connectivity index (χ1n) is 6.77. The molecule has 1 aromatic rings. The van der Waals surface area contributed by atoms with Crippen molar-refractivity contribution in [3.8, 4) is 11.5 Å². The highest BCUT2D eigenvalue weighted by atomic mass is 16.5. The second kappa shape index (κ2) is 4.75. The highest BCUT2D eigenvalue weighted by molar-refractivity contribution is 6.03. The van der Waals surface area contributed by atoms with Crippen molar-refractivity contribution < 1.29 is 24.5 Å². The molecule has 1 saturated heterocycles. The van der Waals surface area contributed by atoms with Crippen LogP contribution in [0.2, 0.25) is 0 Å². The summed E-state index contributed by atoms with van der Waals surface area (Å²) in [7, 11) is 1.48. The number of hydrogen-bond donors (Lipinski definition) is 2. The lowest BCUT2D eigenvalue weighted by Gasteiger charge is -2.41. The molecule has 1 fully saturated rings. The zero-order valence-electron chi connectivity index (χ0n) is 11.5. The van der Waals surface area contributed by atoms with Crippen molar-refractivity contribution >= 4 is 5.78 Å². The van der Waals surface area contributed by atoms with E-state index in [0.29, 0.717) is 24.3 Å². The molecular weight excluding hydrogens is 260 g/mol. The maximum atomic E-state index is 12.5. The molecule has 0 bridgehead atoms. The average Bonchev–Trinajstić information content (AvgIpc) is 2.43. The summed E-state index contributed by atoms with van der Waals surface area (Å²) in [6.45, 7) is 2.23. The molecule has 0 radical (unpaired) electrons. The van der Waals surface area contributed by atoms with Crippen LogP contribution < -0.4 is 4.74 Å². The number of carbonyl (C=O) groups is 1. The smallest absolute Gasteiger partial charge is 0.172 e. The van der Waals surface area contributed by atoms with Crippen LogP contribution in [0.25, 0.3) is 0 Å². The van der Waals surface area contributed by atoms with Crippen molar-refractivity contribution in [3.05, 3.63) is 23.3 Å². The van der Waals surface area contributed by atoms with Gasteiger partial charge in [0.1, 0.15) is 11.5 Å². The summed E-state index contributed by atoms with van der Waals surface area (Å²) < 4.78 is 10.6. The van der Waals surface area contributed by atoms with Gasteiger partial charge in [0, 0.05) is 12.0 Å². The van der Waals surface area contributed by atoms with Crippen molar-refractivity contribution in [3.63, 3.8) is 0 Å². The Bertz CT molecular complexity index is 553. The predicted octanol–water partition coefficient (Wildman–Crippen LogP) is 1.67. The molecule has 0 spiro atoms. The number of benzene rings is 1. The second-order valence-corrected chi connectivity index (χ2v) is 5.57. The van der Waals surface area contributed by atoms with Crippen LogP contribution in [0.5, 0.6) is 11.5 Å². The van der Waals surface area contributed by atoms with E-state index < -0.39 is 6.10 Å². The summed E-state index contributed by atoms with van der Waals surface area (Å²) in [5.74, 6) is -0.396. The van der Waals surface area contributed by atoms with Gasteiger partial charge in [0.05, 0.1) is 37.4 Å². The Morgan fingerprint density at radius 2 is 2.15 bits per heavy atom. The summed E-state index contributed by atoms with van der Waals surface area (Å²) in [4.78, 5) is 12.5. The first kappa shape index (κ1) is 13.4. The Hall–Kier alpha value is -1.59. The van der Waals surface area contributed by atoms with E-state index in [0.717, 1.165) is 0 Å². The minimum absolute atomic E-state index is 0.0273. The number of carbonyl (C=O) groups excluding carboxylic acids is 1. The first-order chi connectivity index (χ1) is 9.52. The normalized spacial score (nSPS) is 32.5. The molecule has 2 N–H and O–H groups in total. The van der Waals surface area contributed by atoms with Crippen LogP contribution in [-0.4, -0.2) is 35.8 Å². The van der Waals surface area contributed by atoms with Crippen LogP contribution in [0.3, 0.4) is 0 Å². The van der Waals surface area contributed by atoms with Crippen LogP contribution in [0, 0.1) is 11.8 Å². The highest BCUT2D eigenvalue weighted by Gasteiger charge is 2.45. The standard InChI is InChI=1S/C15H18O5/c1-7-3-9-11(6-20-7)15(18)13-10(14(9)17)4-8(19-2)5-12(13)16/h4-5,7,9,11,14,16-17H,3,6H2,1-2H3/t7-,9+,11+,14+/m0/s1. The number of aromatic hydroxyl groups is 1. The van der Waals surface area contributed by atoms with Gasteiger partial charge in [-0.1, -0.05) is 0 Å². The molecule has 3 rings (SSSR count). The van der Waals surface area contributed by atoms with Crippen LogP contribution in [0.4, 0.5) is 0 Å². The lowest BCUT2D eigenvalue weighted by atomic mass is 9.70. The van der Waals surface area contributed by atoms with E-state index in [1.165, 1.54) is 13.2 Å². The van der Waals surface area contributed by atoms with Gasteiger partial charge in [0.2, 0.25) is 0 Å². The number of phenolic OH excluding ortho intramolecular Hbond substituents is 1. The number of Topliss-reactive ketones (excluding diaryl/α,β-unsaturated/α-hetero) is 1. The van der Waals surface area contributed by atoms with E-state index in [1.807, 2.05) is 6.92 Å². The number of ketones is 1. The number of ether oxygens (including phenoxy) is 2. The third-order valence-corrected chi connectivity index (χ3v) is 4.35. The zero-order valence-corrected chi connectivity index (χ0v) is 11.5. The molecule has 1 heterocycles. The maximum absolute atomic E-state index is 12.5. The maximum Gasteiger partial charge on any atom is 0.172 e. The molecule has 1 aromatic carbocycles. The van der Waals surface area contributed by atoms with E-state index in [2.05, 4.69) is 0 Å². The molecule has 0 aromatic heterocycles. The third kappa shape index (κ3) is 1.89. The van der Waals surface area contributed by atoms with Gasteiger partial charge in [-0.3, -0.25) is 4.79 Å². The highest BCUT2D eigenvalue weighted by Crippen LogP contribution is 2.46. The van der Waals surface area contributed by atoms with Gasteiger partial charge in [-0.15, -0.1) is 0 Å². The molecule has 4 atom stereocenters. The van der Waals surface area contributed by atoms with E-state index in [4.69, 9.17) is 9.47 Å². The van der Waals surface area contributed by atoms with E-state index in [1.54, 1.807) is 6.07 Å². The largest absolute Gasteiger partial charge is 0.507 e. The molecule has 1 aliphatic carbocycles. The fraction of sp³-hybridized carbons (Fsp3) is 0.533. The van der Waals surface area contributed by atoms with Crippen molar-refractivity contribution in [2.45, 2.75) is 25.6 Å². The van der Waals surface area contributed by atoms with E-state index in [-0.39, 0.29) is 35.0 Å². The van der Waals surface area contributed by atoms with Crippen molar-refractivity contribution in [1.29, 1.82) is 0 Å². The molecule has 0 amide bonds. The molecule has 1 aliphatic heterocycles. The summed E-state index contributed by atoms with van der Waals surface area (Å²) in [6.07, 6.45) is -0.117. The zero-order chi connectivity index (χ0) is 14.4. The van der Waals surface area contributed by atoms with E-state index >= 15 is 0 Å². The first-order valence-corrected chi connectivity index (χ1v) is 6.77. The molecule has 0 unspecified atom stereocenters. The lowest BCUT2D eigenvalue weighted by Crippen LogP contribution is -2.43. The van der Waals surface area contributed by atoms with Crippen LogP contribution >= 0.6 is 0 Å². The van der Waals surface area contributed by atoms with Gasteiger partial charge >= 0.3 is 0 Å². The second-order valence-electron chi connectivity index (χ2n) is 5.57. The van der Waals surface area contributed by atoms with E-state index in [9.17, 15) is 15.0 Å². The van der Waals surface area contributed by atoms with Gasteiger partial charge < -0.3 is 19.7 Å². The minimum Gasteiger partial charge on any atom is -0.507 e. The molecule has 5 heteroatoms. The average molecular weight is 278 g/mol. The fourth-order valence-corrected chi connectivity index (χ4v) is 3.28. The molecule has 20 heavy (non-hydrogen) atoms. The Labute approximate surface area is 117 Å². The Morgan fingerprint density at radius 1 is 1.40 bits per heavy atom. The number of fused-ring (bicyclic) bond motifs is 2. The minimum atomic E-state index is -0.778. The summed E-state index contributed by atoms with van der Waals surface area (Å²) in [6, 6.07) is 3.03. The van der Waals surface area contributed by atoms with Gasteiger partial charge in [0.15, 0.2) is 5.78 Å². The number of hydrogen-bond acceptors (Lipinski definition) is 5. The lowest BCUT2D eigenvalue weighted by molar-refractivity contribution is -0.0688. The number of aliphatic hydroxyl groups is 1.